The summed E-state index contributed by atoms with van der Waals surface area (Å²) in [6.07, 6.45) is 3.25. The number of morpholine rings is 1. The van der Waals surface area contributed by atoms with Crippen molar-refractivity contribution in [2.75, 3.05) is 72.9 Å². The fourth-order valence-electron chi connectivity index (χ4n) is 3.35. The molecular formula is C19H39IN4O3. The standard InChI is InChI=1S/C19H38N4O3.HI/c1-19(2,23-8-13-25-14-9-23)16-22-18(20-3)21-7-4-10-26-15-17-5-11-24-12-6-17;/h17H,4-16H2,1-3H3,(H2,20,21,22);1H. The molecule has 2 aliphatic rings. The first-order valence-electron chi connectivity index (χ1n) is 10.0. The maximum absolute atomic E-state index is 5.81. The van der Waals surface area contributed by atoms with E-state index in [1.165, 1.54) is 0 Å². The van der Waals surface area contributed by atoms with Crippen molar-refractivity contribution >= 4 is 29.9 Å². The van der Waals surface area contributed by atoms with E-state index in [0.29, 0.717) is 5.92 Å². The Hall–Kier alpha value is -0.160. The van der Waals surface area contributed by atoms with Gasteiger partial charge in [-0.2, -0.15) is 0 Å². The molecule has 160 valence electrons. The number of guanidine groups is 1. The van der Waals surface area contributed by atoms with Crippen LogP contribution < -0.4 is 10.6 Å². The first-order chi connectivity index (χ1) is 12.6. The Morgan fingerprint density at radius 2 is 1.78 bits per heavy atom. The van der Waals surface area contributed by atoms with Gasteiger partial charge in [-0.1, -0.05) is 0 Å². The molecule has 2 heterocycles. The quantitative estimate of drug-likeness (QED) is 0.219. The van der Waals surface area contributed by atoms with Gasteiger partial charge in [0.05, 0.1) is 13.2 Å². The van der Waals surface area contributed by atoms with Crippen LogP contribution in [-0.4, -0.2) is 89.3 Å². The van der Waals surface area contributed by atoms with Crippen LogP contribution in [-0.2, 0) is 14.2 Å². The van der Waals surface area contributed by atoms with Crippen LogP contribution in [0, 0.1) is 5.92 Å². The number of hydrogen-bond donors (Lipinski definition) is 2. The van der Waals surface area contributed by atoms with Gasteiger partial charge in [0, 0.05) is 65.2 Å². The maximum atomic E-state index is 5.81. The van der Waals surface area contributed by atoms with Crippen molar-refractivity contribution in [1.29, 1.82) is 0 Å². The van der Waals surface area contributed by atoms with Gasteiger partial charge < -0.3 is 24.8 Å². The Kier molecular flexibility index (Phi) is 12.8. The second kappa shape index (κ2) is 13.9. The minimum Gasteiger partial charge on any atom is -0.381 e. The summed E-state index contributed by atoms with van der Waals surface area (Å²) in [6.45, 7) is 13.3. The Balaban J connectivity index is 0.00000364. The number of rotatable bonds is 9. The average molecular weight is 498 g/mol. The Labute approximate surface area is 182 Å². The van der Waals surface area contributed by atoms with Crippen LogP contribution in [0.2, 0.25) is 0 Å². The summed E-state index contributed by atoms with van der Waals surface area (Å²) >= 11 is 0. The minimum absolute atomic E-state index is 0. The summed E-state index contributed by atoms with van der Waals surface area (Å²) < 4.78 is 16.6. The average Bonchev–Trinajstić information content (AvgIpc) is 2.68. The van der Waals surface area contributed by atoms with Gasteiger partial charge in [-0.25, -0.2) is 0 Å². The van der Waals surface area contributed by atoms with E-state index in [-0.39, 0.29) is 29.5 Å². The van der Waals surface area contributed by atoms with E-state index in [9.17, 15) is 0 Å². The summed E-state index contributed by atoms with van der Waals surface area (Å²) in [7, 11) is 1.82. The molecule has 2 aliphatic heterocycles. The highest BCUT2D eigenvalue weighted by atomic mass is 127. The molecule has 0 saturated carbocycles. The molecule has 2 fully saturated rings. The van der Waals surface area contributed by atoms with Crippen molar-refractivity contribution in [1.82, 2.24) is 15.5 Å². The van der Waals surface area contributed by atoms with E-state index in [4.69, 9.17) is 14.2 Å². The Morgan fingerprint density at radius 3 is 2.44 bits per heavy atom. The summed E-state index contributed by atoms with van der Waals surface area (Å²) in [5, 5.41) is 6.83. The van der Waals surface area contributed by atoms with Crippen molar-refractivity contribution < 1.29 is 14.2 Å². The third-order valence-corrected chi connectivity index (χ3v) is 5.23. The molecule has 0 atom stereocenters. The van der Waals surface area contributed by atoms with Gasteiger partial charge in [0.25, 0.3) is 0 Å². The van der Waals surface area contributed by atoms with E-state index >= 15 is 0 Å². The molecule has 2 saturated heterocycles. The van der Waals surface area contributed by atoms with Gasteiger partial charge in [0.1, 0.15) is 0 Å². The van der Waals surface area contributed by atoms with E-state index in [2.05, 4.69) is 34.4 Å². The molecule has 0 radical (unpaired) electrons. The molecule has 0 aromatic rings. The lowest BCUT2D eigenvalue weighted by Gasteiger charge is -2.41. The highest BCUT2D eigenvalue weighted by molar-refractivity contribution is 14.0. The fraction of sp³-hybridized carbons (Fsp3) is 0.947. The predicted molar refractivity (Wildman–Crippen MR) is 120 cm³/mol. The largest absolute Gasteiger partial charge is 0.381 e. The van der Waals surface area contributed by atoms with E-state index in [1.807, 2.05) is 7.05 Å². The van der Waals surface area contributed by atoms with Gasteiger partial charge >= 0.3 is 0 Å². The summed E-state index contributed by atoms with van der Waals surface area (Å²) in [5.41, 5.74) is 0.0776. The molecular weight excluding hydrogens is 459 g/mol. The van der Waals surface area contributed by atoms with Crippen LogP contribution in [0.25, 0.3) is 0 Å². The second-order valence-electron chi connectivity index (χ2n) is 7.75. The molecule has 2 rings (SSSR count). The van der Waals surface area contributed by atoms with E-state index in [0.717, 1.165) is 91.0 Å². The molecule has 0 unspecified atom stereocenters. The second-order valence-corrected chi connectivity index (χ2v) is 7.75. The number of nitrogens with one attached hydrogen (secondary N) is 2. The molecule has 0 amide bonds. The molecule has 0 aromatic carbocycles. The SMILES string of the molecule is CN=C(NCCCOCC1CCOCC1)NCC(C)(C)N1CCOCC1.I. The van der Waals surface area contributed by atoms with Crippen LogP contribution in [0.5, 0.6) is 0 Å². The van der Waals surface area contributed by atoms with Gasteiger partial charge in [-0.15, -0.1) is 24.0 Å². The lowest BCUT2D eigenvalue weighted by atomic mass is 10.0. The normalized spacial score (nSPS) is 20.2. The topological polar surface area (TPSA) is 67.4 Å². The molecule has 0 bridgehead atoms. The Morgan fingerprint density at radius 1 is 1.11 bits per heavy atom. The molecule has 7 nitrogen and oxygen atoms in total. The number of hydrogen-bond acceptors (Lipinski definition) is 5. The predicted octanol–water partition coefficient (Wildman–Crippen LogP) is 1.71. The third kappa shape index (κ3) is 9.74. The lowest BCUT2D eigenvalue weighted by molar-refractivity contribution is -0.00834. The van der Waals surface area contributed by atoms with Crippen LogP contribution in [0.1, 0.15) is 33.1 Å². The van der Waals surface area contributed by atoms with Crippen LogP contribution in [0.3, 0.4) is 0 Å². The van der Waals surface area contributed by atoms with Crippen molar-refractivity contribution in [3.05, 3.63) is 0 Å². The van der Waals surface area contributed by atoms with Gasteiger partial charge in [-0.05, 0) is 39.0 Å². The van der Waals surface area contributed by atoms with Crippen LogP contribution in [0.15, 0.2) is 4.99 Å². The summed E-state index contributed by atoms with van der Waals surface area (Å²) in [4.78, 5) is 6.80. The van der Waals surface area contributed by atoms with E-state index in [1.54, 1.807) is 0 Å². The number of halogens is 1. The zero-order valence-corrected chi connectivity index (χ0v) is 19.6. The number of ether oxygens (including phenoxy) is 3. The van der Waals surface area contributed by atoms with Crippen molar-refractivity contribution in [3.8, 4) is 0 Å². The third-order valence-electron chi connectivity index (χ3n) is 5.23. The van der Waals surface area contributed by atoms with Gasteiger partial charge in [0.15, 0.2) is 5.96 Å². The first kappa shape index (κ1) is 24.9. The van der Waals surface area contributed by atoms with E-state index < -0.39 is 0 Å². The summed E-state index contributed by atoms with van der Waals surface area (Å²) in [6, 6.07) is 0. The van der Waals surface area contributed by atoms with Crippen molar-refractivity contribution in [3.63, 3.8) is 0 Å². The molecule has 0 spiro atoms. The molecule has 0 aliphatic carbocycles. The minimum atomic E-state index is 0. The number of nitrogens with zero attached hydrogens (tertiary/aromatic N) is 2. The monoisotopic (exact) mass is 498 g/mol. The van der Waals surface area contributed by atoms with Crippen molar-refractivity contribution in [2.45, 2.75) is 38.6 Å². The molecule has 27 heavy (non-hydrogen) atoms. The highest BCUT2D eigenvalue weighted by Crippen LogP contribution is 2.15. The zero-order chi connectivity index (χ0) is 18.7. The molecule has 2 N–H and O–H groups in total. The van der Waals surface area contributed by atoms with Crippen LogP contribution in [0.4, 0.5) is 0 Å². The smallest absolute Gasteiger partial charge is 0.191 e. The molecule has 0 aromatic heterocycles. The van der Waals surface area contributed by atoms with Gasteiger partial charge in [-0.3, -0.25) is 9.89 Å². The van der Waals surface area contributed by atoms with Gasteiger partial charge in [0.2, 0.25) is 0 Å². The van der Waals surface area contributed by atoms with Crippen LogP contribution >= 0.6 is 24.0 Å². The zero-order valence-electron chi connectivity index (χ0n) is 17.3. The number of aliphatic imine (C=N–C) groups is 1. The van der Waals surface area contributed by atoms with Crippen molar-refractivity contribution in [2.24, 2.45) is 10.9 Å². The fourth-order valence-corrected chi connectivity index (χ4v) is 3.35. The maximum Gasteiger partial charge on any atom is 0.191 e. The highest BCUT2D eigenvalue weighted by Gasteiger charge is 2.28. The Bertz CT molecular complexity index is 412. The first-order valence-corrected chi connectivity index (χ1v) is 10.0. The molecule has 8 heteroatoms. The lowest BCUT2D eigenvalue weighted by Crippen LogP contribution is -2.56. The summed E-state index contributed by atoms with van der Waals surface area (Å²) in [5.74, 6) is 1.53.